The average Bonchev–Trinajstić information content (AvgIpc) is 2.37. The van der Waals surface area contributed by atoms with Gasteiger partial charge in [-0.1, -0.05) is 6.92 Å². The predicted octanol–water partition coefficient (Wildman–Crippen LogP) is 1.78. The van der Waals surface area contributed by atoms with Gasteiger partial charge in [0.1, 0.15) is 0 Å². The van der Waals surface area contributed by atoms with Gasteiger partial charge in [-0.05, 0) is 24.9 Å². The Bertz CT molecular complexity index is 384. The number of hydrogen-bond acceptors (Lipinski definition) is 7. The normalized spacial score (nSPS) is 12.1. The molecule has 0 radical (unpaired) electrons. The van der Waals surface area contributed by atoms with E-state index in [0.717, 1.165) is 18.8 Å². The molecule has 0 aromatic carbocycles. The molecule has 0 amide bonds. The summed E-state index contributed by atoms with van der Waals surface area (Å²) in [5.74, 6) is 3.60. The van der Waals surface area contributed by atoms with Gasteiger partial charge in [-0.25, -0.2) is 0 Å². The van der Waals surface area contributed by atoms with E-state index in [1.54, 1.807) is 0 Å². The van der Waals surface area contributed by atoms with Crippen LogP contribution in [0.4, 0.5) is 17.8 Å². The van der Waals surface area contributed by atoms with Gasteiger partial charge in [0.25, 0.3) is 0 Å². The first-order valence-electron chi connectivity index (χ1n) is 6.46. The van der Waals surface area contributed by atoms with Gasteiger partial charge >= 0.3 is 0 Å². The largest absolute Gasteiger partial charge is 0.354 e. The van der Waals surface area contributed by atoms with Gasteiger partial charge in [-0.2, -0.15) is 26.7 Å². The SMILES string of the molecule is CCNc1nc(NCC(C)CSC)nc(N(C)C)n1. The molecule has 6 nitrogen and oxygen atoms in total. The summed E-state index contributed by atoms with van der Waals surface area (Å²) in [6.45, 7) is 5.89. The van der Waals surface area contributed by atoms with Crippen LogP contribution < -0.4 is 15.5 Å². The van der Waals surface area contributed by atoms with Crippen molar-refractivity contribution in [2.75, 3.05) is 54.7 Å². The Labute approximate surface area is 119 Å². The Balaban J connectivity index is 2.75. The number of aromatic nitrogens is 3. The van der Waals surface area contributed by atoms with Gasteiger partial charge in [0.05, 0.1) is 0 Å². The summed E-state index contributed by atoms with van der Waals surface area (Å²) >= 11 is 1.85. The third-order valence-corrected chi connectivity index (χ3v) is 3.32. The molecule has 0 fully saturated rings. The van der Waals surface area contributed by atoms with Gasteiger partial charge < -0.3 is 15.5 Å². The first kappa shape index (κ1) is 15.8. The van der Waals surface area contributed by atoms with E-state index in [1.807, 2.05) is 37.7 Å². The Hall–Kier alpha value is -1.24. The van der Waals surface area contributed by atoms with Crippen LogP contribution in [-0.2, 0) is 0 Å². The molecule has 108 valence electrons. The van der Waals surface area contributed by atoms with Crippen molar-refractivity contribution in [2.24, 2.45) is 5.92 Å². The maximum Gasteiger partial charge on any atom is 0.231 e. The van der Waals surface area contributed by atoms with E-state index in [2.05, 4.69) is 38.8 Å². The van der Waals surface area contributed by atoms with Gasteiger partial charge in [0.15, 0.2) is 0 Å². The number of hydrogen-bond donors (Lipinski definition) is 2. The smallest absolute Gasteiger partial charge is 0.231 e. The van der Waals surface area contributed by atoms with E-state index in [0.29, 0.717) is 23.8 Å². The minimum Gasteiger partial charge on any atom is -0.354 e. The molecule has 19 heavy (non-hydrogen) atoms. The van der Waals surface area contributed by atoms with Crippen molar-refractivity contribution in [3.63, 3.8) is 0 Å². The fourth-order valence-corrected chi connectivity index (χ4v) is 2.18. The van der Waals surface area contributed by atoms with E-state index >= 15 is 0 Å². The molecule has 0 aliphatic heterocycles. The highest BCUT2D eigenvalue weighted by atomic mass is 32.2. The molecule has 1 unspecified atom stereocenters. The van der Waals surface area contributed by atoms with Crippen LogP contribution in [0.25, 0.3) is 0 Å². The minimum absolute atomic E-state index is 0.581. The summed E-state index contributed by atoms with van der Waals surface area (Å²) in [5.41, 5.74) is 0. The van der Waals surface area contributed by atoms with Crippen molar-refractivity contribution >= 4 is 29.6 Å². The molecule has 1 heterocycles. The van der Waals surface area contributed by atoms with Crippen LogP contribution >= 0.6 is 11.8 Å². The van der Waals surface area contributed by atoms with Crippen LogP contribution in [0.1, 0.15) is 13.8 Å². The topological polar surface area (TPSA) is 66.0 Å². The van der Waals surface area contributed by atoms with Crippen LogP contribution in [0, 0.1) is 5.92 Å². The van der Waals surface area contributed by atoms with Crippen molar-refractivity contribution in [1.82, 2.24) is 15.0 Å². The second-order valence-electron chi connectivity index (χ2n) is 4.65. The predicted molar refractivity (Wildman–Crippen MR) is 84.4 cm³/mol. The van der Waals surface area contributed by atoms with E-state index in [4.69, 9.17) is 0 Å². The number of nitrogens with zero attached hydrogens (tertiary/aromatic N) is 4. The standard InChI is InChI=1S/C12H24N6S/c1-6-13-10-15-11(14-7-9(2)8-19-5)17-12(16-10)18(3)4/h9H,6-8H2,1-5H3,(H2,13,14,15,16,17). The third kappa shape index (κ3) is 5.50. The highest BCUT2D eigenvalue weighted by Crippen LogP contribution is 2.12. The molecule has 1 aromatic heterocycles. The lowest BCUT2D eigenvalue weighted by atomic mass is 10.2. The second kappa shape index (κ2) is 8.04. The molecule has 2 N–H and O–H groups in total. The first-order valence-corrected chi connectivity index (χ1v) is 7.86. The van der Waals surface area contributed by atoms with Gasteiger partial charge in [0.2, 0.25) is 17.8 Å². The Kier molecular flexibility index (Phi) is 6.69. The van der Waals surface area contributed by atoms with Crippen LogP contribution in [0.2, 0.25) is 0 Å². The molecule has 0 aliphatic rings. The molecule has 7 heteroatoms. The molecule has 1 aromatic rings. The summed E-state index contributed by atoms with van der Waals surface area (Å²) in [7, 11) is 3.84. The monoisotopic (exact) mass is 284 g/mol. The maximum absolute atomic E-state index is 4.39. The maximum atomic E-state index is 4.39. The minimum atomic E-state index is 0.581. The molecule has 0 saturated heterocycles. The summed E-state index contributed by atoms with van der Waals surface area (Å²) in [4.78, 5) is 15.0. The molecule has 0 spiro atoms. The number of anilines is 3. The van der Waals surface area contributed by atoms with Crippen LogP contribution in [-0.4, -0.2) is 54.1 Å². The van der Waals surface area contributed by atoms with Crippen molar-refractivity contribution in [3.05, 3.63) is 0 Å². The zero-order valence-corrected chi connectivity index (χ0v) is 13.2. The summed E-state index contributed by atoms with van der Waals surface area (Å²) in [5, 5.41) is 6.40. The highest BCUT2D eigenvalue weighted by Gasteiger charge is 2.08. The van der Waals surface area contributed by atoms with E-state index in [-0.39, 0.29) is 0 Å². The fourth-order valence-electron chi connectivity index (χ4n) is 1.49. The molecular weight excluding hydrogens is 260 g/mol. The molecule has 0 aliphatic carbocycles. The van der Waals surface area contributed by atoms with Gasteiger partial charge in [0, 0.05) is 27.2 Å². The van der Waals surface area contributed by atoms with Gasteiger partial charge in [-0.3, -0.25) is 0 Å². The highest BCUT2D eigenvalue weighted by molar-refractivity contribution is 7.98. The average molecular weight is 284 g/mol. The van der Waals surface area contributed by atoms with Crippen molar-refractivity contribution < 1.29 is 0 Å². The number of rotatable bonds is 8. The molecule has 1 rings (SSSR count). The Morgan fingerprint density at radius 3 is 2.32 bits per heavy atom. The number of thioether (sulfide) groups is 1. The molecule has 0 saturated carbocycles. The lowest BCUT2D eigenvalue weighted by Crippen LogP contribution is -2.19. The van der Waals surface area contributed by atoms with Crippen molar-refractivity contribution in [3.8, 4) is 0 Å². The van der Waals surface area contributed by atoms with Crippen LogP contribution in [0.5, 0.6) is 0 Å². The quantitative estimate of drug-likeness (QED) is 0.754. The second-order valence-corrected chi connectivity index (χ2v) is 5.56. The third-order valence-electron chi connectivity index (χ3n) is 2.42. The zero-order valence-electron chi connectivity index (χ0n) is 12.4. The van der Waals surface area contributed by atoms with Crippen LogP contribution in [0.15, 0.2) is 0 Å². The lowest BCUT2D eigenvalue weighted by molar-refractivity contribution is 0.696. The fraction of sp³-hybridized carbons (Fsp3) is 0.750. The van der Waals surface area contributed by atoms with E-state index in [1.165, 1.54) is 0 Å². The lowest BCUT2D eigenvalue weighted by Gasteiger charge is -2.15. The van der Waals surface area contributed by atoms with E-state index in [9.17, 15) is 0 Å². The van der Waals surface area contributed by atoms with Crippen molar-refractivity contribution in [1.29, 1.82) is 0 Å². The van der Waals surface area contributed by atoms with Crippen molar-refractivity contribution in [2.45, 2.75) is 13.8 Å². The molecule has 0 bridgehead atoms. The Morgan fingerprint density at radius 1 is 1.16 bits per heavy atom. The summed E-state index contributed by atoms with van der Waals surface area (Å²) in [6, 6.07) is 0. The first-order chi connectivity index (χ1) is 9.06. The number of nitrogens with one attached hydrogen (secondary N) is 2. The molecular formula is C12H24N6S. The molecule has 1 atom stereocenters. The Morgan fingerprint density at radius 2 is 1.79 bits per heavy atom. The van der Waals surface area contributed by atoms with E-state index < -0.39 is 0 Å². The van der Waals surface area contributed by atoms with Gasteiger partial charge in [-0.15, -0.1) is 0 Å². The van der Waals surface area contributed by atoms with Crippen LogP contribution in [0.3, 0.4) is 0 Å². The zero-order chi connectivity index (χ0) is 14.3. The summed E-state index contributed by atoms with van der Waals surface area (Å²) in [6.07, 6.45) is 2.12. The summed E-state index contributed by atoms with van der Waals surface area (Å²) < 4.78 is 0.